The van der Waals surface area contributed by atoms with Gasteiger partial charge in [0, 0.05) is 31.2 Å². The van der Waals surface area contributed by atoms with Gasteiger partial charge in [-0.1, -0.05) is 24.3 Å². The second kappa shape index (κ2) is 8.86. The first kappa shape index (κ1) is 18.5. The van der Waals surface area contributed by atoms with Gasteiger partial charge in [-0.15, -0.1) is 0 Å². The first-order valence-electron chi connectivity index (χ1n) is 9.39. The average Bonchev–Trinajstić information content (AvgIpc) is 2.63. The van der Waals surface area contributed by atoms with Crippen LogP contribution in [0.25, 0.3) is 0 Å². The van der Waals surface area contributed by atoms with E-state index in [1.54, 1.807) is 0 Å². The number of nitrogens with zero attached hydrogens (tertiary/aromatic N) is 1. The monoisotopic (exact) mass is 352 g/mol. The summed E-state index contributed by atoms with van der Waals surface area (Å²) >= 11 is 0. The van der Waals surface area contributed by atoms with Gasteiger partial charge in [0.25, 0.3) is 5.91 Å². The predicted octanol–water partition coefficient (Wildman–Crippen LogP) is 3.58. The highest BCUT2D eigenvalue weighted by atomic mass is 16.5. The van der Waals surface area contributed by atoms with Crippen LogP contribution in [0.1, 0.15) is 34.3 Å². The molecule has 0 spiro atoms. The van der Waals surface area contributed by atoms with Gasteiger partial charge in [0.2, 0.25) is 0 Å². The molecule has 4 nitrogen and oxygen atoms in total. The number of likely N-dealkylation sites (tertiary alicyclic amines) is 1. The average molecular weight is 352 g/mol. The summed E-state index contributed by atoms with van der Waals surface area (Å²) in [4.78, 5) is 14.6. The van der Waals surface area contributed by atoms with Crippen LogP contribution in [-0.2, 0) is 0 Å². The molecule has 0 aromatic heterocycles. The van der Waals surface area contributed by atoms with Gasteiger partial charge in [-0.3, -0.25) is 9.69 Å². The number of ether oxygens (including phenoxy) is 1. The molecule has 0 atom stereocenters. The predicted molar refractivity (Wildman–Crippen MR) is 105 cm³/mol. The van der Waals surface area contributed by atoms with Gasteiger partial charge < -0.3 is 10.1 Å². The molecule has 2 aromatic carbocycles. The van der Waals surface area contributed by atoms with E-state index in [1.807, 2.05) is 30.3 Å². The molecule has 2 aromatic rings. The summed E-state index contributed by atoms with van der Waals surface area (Å²) in [5.41, 5.74) is 3.20. The zero-order valence-electron chi connectivity index (χ0n) is 15.7. The zero-order valence-corrected chi connectivity index (χ0v) is 15.7. The first-order chi connectivity index (χ1) is 12.6. The quantitative estimate of drug-likeness (QED) is 0.864. The maximum atomic E-state index is 12.2. The van der Waals surface area contributed by atoms with E-state index in [0.29, 0.717) is 6.61 Å². The van der Waals surface area contributed by atoms with Gasteiger partial charge >= 0.3 is 0 Å². The number of hydrogen-bond donors (Lipinski definition) is 1. The molecule has 26 heavy (non-hydrogen) atoms. The van der Waals surface area contributed by atoms with Crippen molar-refractivity contribution in [3.05, 3.63) is 65.2 Å². The van der Waals surface area contributed by atoms with E-state index in [-0.39, 0.29) is 11.9 Å². The van der Waals surface area contributed by atoms with E-state index in [4.69, 9.17) is 4.74 Å². The second-order valence-electron chi connectivity index (χ2n) is 7.13. The molecule has 0 radical (unpaired) electrons. The molecule has 138 valence electrons. The summed E-state index contributed by atoms with van der Waals surface area (Å²) in [6.07, 6.45) is 1.98. The van der Waals surface area contributed by atoms with Gasteiger partial charge in [-0.05, 0) is 62.1 Å². The van der Waals surface area contributed by atoms with E-state index in [0.717, 1.165) is 43.8 Å². The maximum absolute atomic E-state index is 12.2. The largest absolute Gasteiger partial charge is 0.492 e. The van der Waals surface area contributed by atoms with Crippen molar-refractivity contribution in [1.82, 2.24) is 10.2 Å². The molecule has 0 bridgehead atoms. The van der Waals surface area contributed by atoms with Crippen LogP contribution in [0.15, 0.2) is 48.5 Å². The third kappa shape index (κ3) is 5.33. The Morgan fingerprint density at radius 1 is 1.08 bits per heavy atom. The molecule has 0 aliphatic carbocycles. The van der Waals surface area contributed by atoms with E-state index >= 15 is 0 Å². The van der Waals surface area contributed by atoms with Crippen molar-refractivity contribution in [1.29, 1.82) is 0 Å². The summed E-state index contributed by atoms with van der Waals surface area (Å²) in [5, 5.41) is 3.15. The smallest absolute Gasteiger partial charge is 0.251 e. The van der Waals surface area contributed by atoms with Crippen molar-refractivity contribution in [2.24, 2.45) is 0 Å². The molecule has 1 heterocycles. The van der Waals surface area contributed by atoms with Crippen LogP contribution in [0.5, 0.6) is 5.75 Å². The molecular formula is C22H28N2O2. The highest BCUT2D eigenvalue weighted by Crippen LogP contribution is 2.17. The number of amides is 1. The number of carbonyl (C=O) groups is 1. The Labute approximate surface area is 156 Å². The highest BCUT2D eigenvalue weighted by Gasteiger charge is 2.20. The molecule has 3 rings (SSSR count). The lowest BCUT2D eigenvalue weighted by Crippen LogP contribution is -2.45. The lowest BCUT2D eigenvalue weighted by atomic mass is 10.0. The number of aryl methyl sites for hydroxylation is 2. The summed E-state index contributed by atoms with van der Waals surface area (Å²) < 4.78 is 5.91. The van der Waals surface area contributed by atoms with Gasteiger partial charge in [0.15, 0.2) is 0 Å². The second-order valence-corrected chi connectivity index (χ2v) is 7.13. The topological polar surface area (TPSA) is 41.6 Å². The van der Waals surface area contributed by atoms with Crippen LogP contribution in [-0.4, -0.2) is 43.1 Å². The molecule has 1 aliphatic rings. The number of benzene rings is 2. The summed E-state index contributed by atoms with van der Waals surface area (Å²) in [7, 11) is 0. The Bertz CT molecular complexity index is 702. The van der Waals surface area contributed by atoms with Crippen molar-refractivity contribution in [3.8, 4) is 5.75 Å². The molecule has 0 unspecified atom stereocenters. The Morgan fingerprint density at radius 3 is 2.38 bits per heavy atom. The Kier molecular flexibility index (Phi) is 6.29. The molecular weight excluding hydrogens is 324 g/mol. The number of piperidine rings is 1. The number of hydrogen-bond acceptors (Lipinski definition) is 3. The van der Waals surface area contributed by atoms with E-state index in [1.165, 1.54) is 11.1 Å². The fourth-order valence-corrected chi connectivity index (χ4v) is 3.47. The molecule has 1 saturated heterocycles. The summed E-state index contributed by atoms with van der Waals surface area (Å²) in [6.45, 7) is 7.80. The van der Waals surface area contributed by atoms with E-state index < -0.39 is 0 Å². The minimum atomic E-state index is 0.0298. The van der Waals surface area contributed by atoms with Crippen molar-refractivity contribution >= 4 is 5.91 Å². The third-order valence-corrected chi connectivity index (χ3v) is 4.83. The maximum Gasteiger partial charge on any atom is 0.251 e. The highest BCUT2D eigenvalue weighted by molar-refractivity contribution is 5.94. The fourth-order valence-electron chi connectivity index (χ4n) is 3.47. The Balaban J connectivity index is 1.38. The van der Waals surface area contributed by atoms with Crippen molar-refractivity contribution in [2.45, 2.75) is 32.7 Å². The Morgan fingerprint density at radius 2 is 1.73 bits per heavy atom. The van der Waals surface area contributed by atoms with Crippen LogP contribution in [0.4, 0.5) is 0 Å². The van der Waals surface area contributed by atoms with Crippen LogP contribution < -0.4 is 10.1 Å². The Hall–Kier alpha value is -2.33. The van der Waals surface area contributed by atoms with Crippen molar-refractivity contribution in [2.75, 3.05) is 26.2 Å². The number of nitrogens with one attached hydrogen (secondary N) is 1. The number of carbonyl (C=O) groups excluding carboxylic acids is 1. The molecule has 1 fully saturated rings. The third-order valence-electron chi connectivity index (χ3n) is 4.83. The van der Waals surface area contributed by atoms with Crippen LogP contribution in [0.3, 0.4) is 0 Å². The lowest BCUT2D eigenvalue weighted by Gasteiger charge is -2.32. The van der Waals surface area contributed by atoms with Crippen molar-refractivity contribution < 1.29 is 9.53 Å². The minimum absolute atomic E-state index is 0.0298. The molecule has 4 heteroatoms. The standard InChI is InChI=1S/C22H28N2O2/c1-17-14-18(2)16-21(15-17)26-13-12-24-10-8-20(9-11-24)23-22(25)19-6-4-3-5-7-19/h3-7,14-16,20H,8-13H2,1-2H3,(H,23,25). The molecule has 0 saturated carbocycles. The first-order valence-corrected chi connectivity index (χ1v) is 9.39. The summed E-state index contributed by atoms with van der Waals surface area (Å²) in [6, 6.07) is 16.0. The van der Waals surface area contributed by atoms with Gasteiger partial charge in [-0.2, -0.15) is 0 Å². The molecule has 1 aliphatic heterocycles. The van der Waals surface area contributed by atoms with Crippen LogP contribution >= 0.6 is 0 Å². The van der Waals surface area contributed by atoms with E-state index in [2.05, 4.69) is 42.3 Å². The summed E-state index contributed by atoms with van der Waals surface area (Å²) in [5.74, 6) is 0.981. The van der Waals surface area contributed by atoms with E-state index in [9.17, 15) is 4.79 Å². The molecule has 1 amide bonds. The van der Waals surface area contributed by atoms with Crippen LogP contribution in [0, 0.1) is 13.8 Å². The molecule has 1 N–H and O–H groups in total. The zero-order chi connectivity index (χ0) is 18.4. The SMILES string of the molecule is Cc1cc(C)cc(OCCN2CCC(NC(=O)c3ccccc3)CC2)c1. The lowest BCUT2D eigenvalue weighted by molar-refractivity contribution is 0.0905. The van der Waals surface area contributed by atoms with Crippen molar-refractivity contribution in [3.63, 3.8) is 0 Å². The van der Waals surface area contributed by atoms with Gasteiger partial charge in [0.1, 0.15) is 12.4 Å². The van der Waals surface area contributed by atoms with Crippen LogP contribution in [0.2, 0.25) is 0 Å². The van der Waals surface area contributed by atoms with Gasteiger partial charge in [-0.25, -0.2) is 0 Å². The fraction of sp³-hybridized carbons (Fsp3) is 0.409. The normalized spacial score (nSPS) is 15.6. The minimum Gasteiger partial charge on any atom is -0.492 e. The number of rotatable bonds is 6. The van der Waals surface area contributed by atoms with Gasteiger partial charge in [0.05, 0.1) is 0 Å².